The van der Waals surface area contributed by atoms with Crippen molar-refractivity contribution in [2.24, 2.45) is 0 Å². The molecule has 6 nitrogen and oxygen atoms in total. The van der Waals surface area contributed by atoms with E-state index < -0.39 is 12.1 Å². The van der Waals surface area contributed by atoms with Crippen molar-refractivity contribution in [3.8, 4) is 11.5 Å². The minimum atomic E-state index is -4.69. The highest BCUT2D eigenvalue weighted by molar-refractivity contribution is 5.92. The van der Waals surface area contributed by atoms with Crippen LogP contribution < -0.4 is 4.90 Å². The Morgan fingerprint density at radius 3 is 2.23 bits per heavy atom. The number of urea groups is 1. The molecule has 31 heavy (non-hydrogen) atoms. The first-order valence-electron chi connectivity index (χ1n) is 9.95. The van der Waals surface area contributed by atoms with E-state index in [9.17, 15) is 18.0 Å². The Hall–Kier alpha value is -3.36. The molecule has 0 atom stereocenters. The summed E-state index contributed by atoms with van der Waals surface area (Å²) < 4.78 is 42.7. The number of hydrogen-bond donors (Lipinski definition) is 0. The van der Waals surface area contributed by atoms with E-state index in [1.54, 1.807) is 34.1 Å². The van der Waals surface area contributed by atoms with Crippen LogP contribution in [-0.4, -0.2) is 34.2 Å². The van der Waals surface area contributed by atoms with Gasteiger partial charge in [-0.25, -0.2) is 4.79 Å². The van der Waals surface area contributed by atoms with Gasteiger partial charge in [0.05, 0.1) is 6.54 Å². The number of carbonyl (C=O) groups excluding carboxylic acids is 1. The fraction of sp³-hybridized carbons (Fsp3) is 0.318. The third-order valence-corrected chi connectivity index (χ3v) is 4.65. The molecule has 0 unspecified atom stereocenters. The second kappa shape index (κ2) is 9.63. The molecule has 0 aliphatic rings. The van der Waals surface area contributed by atoms with E-state index in [1.807, 2.05) is 44.2 Å². The van der Waals surface area contributed by atoms with Gasteiger partial charge in [0.25, 0.3) is 0 Å². The molecular formula is C22H23F3N4O2. The average Bonchev–Trinajstić information content (AvgIpc) is 3.27. The Balaban J connectivity index is 1.83. The first kappa shape index (κ1) is 22.3. The Morgan fingerprint density at radius 1 is 1.00 bits per heavy atom. The predicted molar refractivity (Wildman–Crippen MR) is 110 cm³/mol. The molecule has 0 aliphatic carbocycles. The Bertz CT molecular complexity index is 988. The molecule has 0 radical (unpaired) electrons. The summed E-state index contributed by atoms with van der Waals surface area (Å²) >= 11 is 0. The summed E-state index contributed by atoms with van der Waals surface area (Å²) in [7, 11) is 0. The number of rotatable bonds is 7. The molecule has 0 spiro atoms. The first-order valence-corrected chi connectivity index (χ1v) is 9.95. The molecule has 1 aromatic heterocycles. The summed E-state index contributed by atoms with van der Waals surface area (Å²) in [6.45, 7) is 5.50. The maximum absolute atomic E-state index is 13.2. The highest BCUT2D eigenvalue weighted by Gasteiger charge is 2.38. The van der Waals surface area contributed by atoms with Gasteiger partial charge in [-0.15, -0.1) is 10.2 Å². The van der Waals surface area contributed by atoms with E-state index in [4.69, 9.17) is 4.42 Å². The smallest absolute Gasteiger partial charge is 0.413 e. The van der Waals surface area contributed by atoms with Gasteiger partial charge >= 0.3 is 18.1 Å². The van der Waals surface area contributed by atoms with Gasteiger partial charge in [0.15, 0.2) is 0 Å². The standard InChI is InChI=1S/C22H23F3N4O2/c1-3-14-28(4-2)21(30)29(18-8-6-5-7-9-18)15-16-10-12-17(13-11-16)19-26-27-20(31-19)22(23,24)25/h5-13H,3-4,14-15H2,1-2H3. The molecule has 0 aliphatic heterocycles. The number of hydrogen-bond acceptors (Lipinski definition) is 4. The molecule has 3 rings (SSSR count). The Kier molecular flexibility index (Phi) is 6.94. The molecule has 0 N–H and O–H groups in total. The summed E-state index contributed by atoms with van der Waals surface area (Å²) in [4.78, 5) is 16.6. The minimum absolute atomic E-state index is 0.105. The van der Waals surface area contributed by atoms with E-state index in [2.05, 4.69) is 10.2 Å². The highest BCUT2D eigenvalue weighted by atomic mass is 19.4. The number of benzene rings is 2. The van der Waals surface area contributed by atoms with Crippen LogP contribution in [0.1, 0.15) is 31.7 Å². The van der Waals surface area contributed by atoms with E-state index in [0.29, 0.717) is 25.2 Å². The zero-order valence-electron chi connectivity index (χ0n) is 17.3. The summed E-state index contributed by atoms with van der Waals surface area (Å²) in [5.74, 6) is -1.60. The van der Waals surface area contributed by atoms with Crippen LogP contribution in [0.5, 0.6) is 0 Å². The topological polar surface area (TPSA) is 62.5 Å². The molecule has 0 saturated carbocycles. The van der Waals surface area contributed by atoms with Crippen LogP contribution in [0.2, 0.25) is 0 Å². The van der Waals surface area contributed by atoms with Crippen LogP contribution in [0, 0.1) is 0 Å². The lowest BCUT2D eigenvalue weighted by Crippen LogP contribution is -2.43. The minimum Gasteiger partial charge on any atom is -0.413 e. The predicted octanol–water partition coefficient (Wildman–Crippen LogP) is 5.61. The number of carbonyl (C=O) groups is 1. The van der Waals surface area contributed by atoms with Gasteiger partial charge in [-0.2, -0.15) is 13.2 Å². The fourth-order valence-corrected chi connectivity index (χ4v) is 3.10. The number of alkyl halides is 3. The lowest BCUT2D eigenvalue weighted by molar-refractivity contribution is -0.156. The van der Waals surface area contributed by atoms with Crippen molar-refractivity contribution in [1.82, 2.24) is 15.1 Å². The maximum atomic E-state index is 13.2. The molecule has 1 heterocycles. The van der Waals surface area contributed by atoms with E-state index in [0.717, 1.165) is 17.7 Å². The zero-order chi connectivity index (χ0) is 22.4. The third kappa shape index (κ3) is 5.42. The molecule has 0 saturated heterocycles. The SMILES string of the molecule is CCCN(CC)C(=O)N(Cc1ccc(-c2nnc(C(F)(F)F)o2)cc1)c1ccccc1. The number of anilines is 1. The fourth-order valence-electron chi connectivity index (χ4n) is 3.10. The van der Waals surface area contributed by atoms with Gasteiger partial charge < -0.3 is 9.32 Å². The molecule has 0 bridgehead atoms. The average molecular weight is 432 g/mol. The van der Waals surface area contributed by atoms with E-state index >= 15 is 0 Å². The van der Waals surface area contributed by atoms with Crippen LogP contribution in [0.15, 0.2) is 59.0 Å². The van der Waals surface area contributed by atoms with Gasteiger partial charge in [-0.05, 0) is 43.2 Å². The van der Waals surface area contributed by atoms with Crippen LogP contribution in [0.3, 0.4) is 0 Å². The van der Waals surface area contributed by atoms with E-state index in [-0.39, 0.29) is 11.9 Å². The van der Waals surface area contributed by atoms with E-state index in [1.165, 1.54) is 0 Å². The Labute approximate surface area is 178 Å². The van der Waals surface area contributed by atoms with Crippen LogP contribution in [0.4, 0.5) is 23.7 Å². The lowest BCUT2D eigenvalue weighted by atomic mass is 10.1. The number of nitrogens with zero attached hydrogens (tertiary/aromatic N) is 4. The van der Waals surface area contributed by atoms with Crippen LogP contribution in [-0.2, 0) is 12.7 Å². The second-order valence-corrected chi connectivity index (χ2v) is 6.89. The van der Waals surface area contributed by atoms with Crippen LogP contribution >= 0.6 is 0 Å². The van der Waals surface area contributed by atoms with Crippen molar-refractivity contribution < 1.29 is 22.4 Å². The Morgan fingerprint density at radius 2 is 1.68 bits per heavy atom. The molecule has 0 fully saturated rings. The van der Waals surface area contributed by atoms with Crippen molar-refractivity contribution in [2.45, 2.75) is 33.0 Å². The lowest BCUT2D eigenvalue weighted by Gasteiger charge is -2.30. The molecule has 2 aromatic carbocycles. The summed E-state index contributed by atoms with van der Waals surface area (Å²) in [5, 5.41) is 6.51. The quantitative estimate of drug-likeness (QED) is 0.487. The molecule has 9 heteroatoms. The maximum Gasteiger partial charge on any atom is 0.470 e. The van der Waals surface area contributed by atoms with Gasteiger partial charge in [0, 0.05) is 24.3 Å². The van der Waals surface area contributed by atoms with Gasteiger partial charge in [-0.1, -0.05) is 37.3 Å². The van der Waals surface area contributed by atoms with Gasteiger partial charge in [0.1, 0.15) is 0 Å². The second-order valence-electron chi connectivity index (χ2n) is 6.89. The number of para-hydroxylation sites is 1. The summed E-state index contributed by atoms with van der Waals surface area (Å²) in [5.41, 5.74) is 1.94. The third-order valence-electron chi connectivity index (χ3n) is 4.65. The summed E-state index contributed by atoms with van der Waals surface area (Å²) in [6.07, 6.45) is -3.84. The molecule has 3 aromatic rings. The van der Waals surface area contributed by atoms with Crippen molar-refractivity contribution in [1.29, 1.82) is 0 Å². The molecule has 2 amide bonds. The number of aromatic nitrogens is 2. The van der Waals surface area contributed by atoms with Crippen molar-refractivity contribution in [3.05, 3.63) is 66.1 Å². The normalized spacial score (nSPS) is 11.4. The number of halogens is 3. The van der Waals surface area contributed by atoms with Crippen molar-refractivity contribution in [2.75, 3.05) is 18.0 Å². The first-order chi connectivity index (χ1) is 14.8. The largest absolute Gasteiger partial charge is 0.470 e. The monoisotopic (exact) mass is 432 g/mol. The van der Waals surface area contributed by atoms with Crippen LogP contribution in [0.25, 0.3) is 11.5 Å². The van der Waals surface area contributed by atoms with Crippen molar-refractivity contribution >= 4 is 11.7 Å². The zero-order valence-corrected chi connectivity index (χ0v) is 17.3. The van der Waals surface area contributed by atoms with Gasteiger partial charge in [0.2, 0.25) is 5.89 Å². The van der Waals surface area contributed by atoms with Crippen molar-refractivity contribution in [3.63, 3.8) is 0 Å². The highest BCUT2D eigenvalue weighted by Crippen LogP contribution is 2.30. The molecular weight excluding hydrogens is 409 g/mol. The molecule has 164 valence electrons. The number of amides is 2. The summed E-state index contributed by atoms with van der Waals surface area (Å²) in [6, 6.07) is 15.9. The van der Waals surface area contributed by atoms with Gasteiger partial charge in [-0.3, -0.25) is 4.90 Å².